The highest BCUT2D eigenvalue weighted by Gasteiger charge is 2.07. The first-order valence-electron chi connectivity index (χ1n) is 5.82. The number of hydrogen-bond acceptors (Lipinski definition) is 4. The highest BCUT2D eigenvalue weighted by atomic mass is 32.1. The van der Waals surface area contributed by atoms with Gasteiger partial charge in [0.2, 0.25) is 0 Å². The highest BCUT2D eigenvalue weighted by Crippen LogP contribution is 2.09. The van der Waals surface area contributed by atoms with Crippen LogP contribution in [0.5, 0.6) is 0 Å². The number of likely N-dealkylation sites (N-methyl/N-ethyl adjacent to an activating group) is 2. The number of aliphatic hydroxyl groups is 1. The van der Waals surface area contributed by atoms with Crippen molar-refractivity contribution in [2.75, 3.05) is 33.2 Å². The van der Waals surface area contributed by atoms with E-state index in [1.807, 2.05) is 6.92 Å². The van der Waals surface area contributed by atoms with Crippen molar-refractivity contribution in [1.29, 1.82) is 0 Å². The highest BCUT2D eigenvalue weighted by molar-refractivity contribution is 7.09. The van der Waals surface area contributed by atoms with Crippen LogP contribution in [-0.4, -0.2) is 49.3 Å². The first-order valence-corrected chi connectivity index (χ1v) is 6.70. The lowest BCUT2D eigenvalue weighted by atomic mass is 10.3. The van der Waals surface area contributed by atoms with Crippen LogP contribution >= 0.6 is 11.3 Å². The van der Waals surface area contributed by atoms with Crippen molar-refractivity contribution in [2.45, 2.75) is 19.4 Å². The Morgan fingerprint density at radius 3 is 3.00 bits per heavy atom. The zero-order chi connectivity index (χ0) is 11.8. The Hall–Kier alpha value is -0.420. The smallest absolute Gasteiger partial charge is 0.0791 e. The lowest BCUT2D eigenvalue weighted by Gasteiger charge is -2.20. The molecule has 2 N–H and O–H groups in total. The van der Waals surface area contributed by atoms with Crippen LogP contribution in [0.15, 0.2) is 17.5 Å². The van der Waals surface area contributed by atoms with Crippen LogP contribution < -0.4 is 5.32 Å². The third kappa shape index (κ3) is 5.61. The van der Waals surface area contributed by atoms with Crippen LogP contribution in [-0.2, 0) is 6.42 Å². The Kier molecular flexibility index (Phi) is 6.64. The maximum atomic E-state index is 9.71. The molecule has 0 radical (unpaired) electrons. The monoisotopic (exact) mass is 242 g/mol. The molecule has 0 aliphatic rings. The molecular formula is C12H22N2OS. The topological polar surface area (TPSA) is 35.5 Å². The Morgan fingerprint density at radius 1 is 1.56 bits per heavy atom. The minimum atomic E-state index is -0.270. The van der Waals surface area contributed by atoms with Gasteiger partial charge in [-0.15, -0.1) is 11.3 Å². The van der Waals surface area contributed by atoms with Crippen molar-refractivity contribution >= 4 is 11.3 Å². The molecule has 1 atom stereocenters. The average Bonchev–Trinajstić information content (AvgIpc) is 2.76. The minimum absolute atomic E-state index is 0.270. The van der Waals surface area contributed by atoms with E-state index in [1.54, 1.807) is 11.3 Å². The minimum Gasteiger partial charge on any atom is -0.390 e. The van der Waals surface area contributed by atoms with Crippen molar-refractivity contribution in [3.05, 3.63) is 22.4 Å². The summed E-state index contributed by atoms with van der Waals surface area (Å²) in [7, 11) is 2.06. The first kappa shape index (κ1) is 13.6. The summed E-state index contributed by atoms with van der Waals surface area (Å²) >= 11 is 1.80. The second-order valence-electron chi connectivity index (χ2n) is 4.05. The maximum Gasteiger partial charge on any atom is 0.0791 e. The van der Waals surface area contributed by atoms with E-state index in [0.717, 1.165) is 26.1 Å². The Morgan fingerprint density at radius 2 is 2.38 bits per heavy atom. The van der Waals surface area contributed by atoms with E-state index in [9.17, 15) is 5.11 Å². The van der Waals surface area contributed by atoms with Crippen LogP contribution in [0.3, 0.4) is 0 Å². The predicted molar refractivity (Wildman–Crippen MR) is 70.1 cm³/mol. The summed E-state index contributed by atoms with van der Waals surface area (Å²) < 4.78 is 0. The van der Waals surface area contributed by atoms with E-state index in [4.69, 9.17) is 0 Å². The summed E-state index contributed by atoms with van der Waals surface area (Å²) in [5.74, 6) is 0. The summed E-state index contributed by atoms with van der Waals surface area (Å²) in [6.07, 6.45) is 0.801. The summed E-state index contributed by atoms with van der Waals surface area (Å²) in [5.41, 5.74) is 0. The third-order valence-corrected chi connectivity index (χ3v) is 3.41. The van der Waals surface area contributed by atoms with Gasteiger partial charge in [0, 0.05) is 24.5 Å². The van der Waals surface area contributed by atoms with Gasteiger partial charge in [0.05, 0.1) is 6.10 Å². The molecular weight excluding hydrogens is 220 g/mol. The number of nitrogens with zero attached hydrogens (tertiary/aromatic N) is 1. The molecule has 0 spiro atoms. The molecule has 0 aromatic carbocycles. The molecule has 1 aromatic rings. The molecule has 0 aliphatic carbocycles. The second-order valence-corrected chi connectivity index (χ2v) is 5.09. The molecule has 0 aliphatic heterocycles. The van der Waals surface area contributed by atoms with E-state index < -0.39 is 0 Å². The molecule has 16 heavy (non-hydrogen) atoms. The summed E-state index contributed by atoms with van der Waals surface area (Å²) in [5, 5.41) is 15.0. The van der Waals surface area contributed by atoms with Crippen molar-refractivity contribution in [1.82, 2.24) is 10.2 Å². The molecule has 0 saturated carbocycles. The van der Waals surface area contributed by atoms with E-state index in [-0.39, 0.29) is 6.10 Å². The fourth-order valence-electron chi connectivity index (χ4n) is 1.58. The molecule has 3 nitrogen and oxygen atoms in total. The van der Waals surface area contributed by atoms with Gasteiger partial charge < -0.3 is 15.3 Å². The fourth-order valence-corrected chi connectivity index (χ4v) is 2.28. The molecule has 0 amide bonds. The molecule has 1 heterocycles. The quantitative estimate of drug-likeness (QED) is 0.719. The summed E-state index contributed by atoms with van der Waals surface area (Å²) in [4.78, 5) is 3.59. The molecule has 0 fully saturated rings. The zero-order valence-electron chi connectivity index (χ0n) is 10.1. The molecule has 0 bridgehead atoms. The fraction of sp³-hybridized carbons (Fsp3) is 0.667. The number of aliphatic hydroxyl groups excluding tert-OH is 1. The van der Waals surface area contributed by atoms with Gasteiger partial charge in [-0.1, -0.05) is 13.0 Å². The zero-order valence-corrected chi connectivity index (χ0v) is 11.0. The van der Waals surface area contributed by atoms with Crippen LogP contribution in [0.4, 0.5) is 0 Å². The lowest BCUT2D eigenvalue weighted by Crippen LogP contribution is -2.37. The van der Waals surface area contributed by atoms with Crippen molar-refractivity contribution in [3.8, 4) is 0 Å². The van der Waals surface area contributed by atoms with Gasteiger partial charge in [-0.05, 0) is 31.5 Å². The van der Waals surface area contributed by atoms with Crippen molar-refractivity contribution in [2.24, 2.45) is 0 Å². The van der Waals surface area contributed by atoms with Gasteiger partial charge in [-0.25, -0.2) is 0 Å². The third-order valence-electron chi connectivity index (χ3n) is 2.47. The summed E-state index contributed by atoms with van der Waals surface area (Å²) in [6, 6.07) is 4.24. The number of nitrogens with one attached hydrogen (secondary N) is 1. The Bertz CT molecular complexity index is 264. The van der Waals surface area contributed by atoms with E-state index in [2.05, 4.69) is 34.8 Å². The maximum absolute atomic E-state index is 9.71. The van der Waals surface area contributed by atoms with Crippen LogP contribution in [0.1, 0.15) is 11.8 Å². The Labute approximate surface area is 102 Å². The van der Waals surface area contributed by atoms with Crippen molar-refractivity contribution < 1.29 is 5.11 Å². The van der Waals surface area contributed by atoms with E-state index >= 15 is 0 Å². The standard InChI is InChI=1S/C12H22N2OS/c1-3-13-9-11(15)10-14(2)7-6-12-5-4-8-16-12/h4-5,8,11,13,15H,3,6-7,9-10H2,1-2H3. The van der Waals surface area contributed by atoms with Crippen LogP contribution in [0, 0.1) is 0 Å². The number of rotatable bonds is 8. The van der Waals surface area contributed by atoms with Gasteiger partial charge in [-0.3, -0.25) is 0 Å². The predicted octanol–water partition coefficient (Wildman–Crippen LogP) is 1.19. The average molecular weight is 242 g/mol. The molecule has 1 unspecified atom stereocenters. The van der Waals surface area contributed by atoms with Gasteiger partial charge in [0.15, 0.2) is 0 Å². The molecule has 1 rings (SSSR count). The van der Waals surface area contributed by atoms with Gasteiger partial charge >= 0.3 is 0 Å². The molecule has 1 aromatic heterocycles. The normalized spacial score (nSPS) is 13.2. The van der Waals surface area contributed by atoms with E-state index in [1.165, 1.54) is 4.88 Å². The van der Waals surface area contributed by atoms with Gasteiger partial charge in [0.25, 0.3) is 0 Å². The number of thiophene rings is 1. The SMILES string of the molecule is CCNCC(O)CN(C)CCc1cccs1. The summed E-state index contributed by atoms with van der Waals surface area (Å²) in [6.45, 7) is 5.38. The first-order chi connectivity index (χ1) is 7.72. The second kappa shape index (κ2) is 7.79. The van der Waals surface area contributed by atoms with Crippen molar-refractivity contribution in [3.63, 3.8) is 0 Å². The van der Waals surface area contributed by atoms with Crippen LogP contribution in [0.2, 0.25) is 0 Å². The van der Waals surface area contributed by atoms with Gasteiger partial charge in [-0.2, -0.15) is 0 Å². The molecule has 92 valence electrons. The van der Waals surface area contributed by atoms with E-state index in [0.29, 0.717) is 6.54 Å². The van der Waals surface area contributed by atoms with Crippen LogP contribution in [0.25, 0.3) is 0 Å². The Balaban J connectivity index is 2.12. The molecule has 0 saturated heterocycles. The lowest BCUT2D eigenvalue weighted by molar-refractivity contribution is 0.125. The molecule has 4 heteroatoms. The number of hydrogen-bond donors (Lipinski definition) is 2. The van der Waals surface area contributed by atoms with Gasteiger partial charge in [0.1, 0.15) is 0 Å². The largest absolute Gasteiger partial charge is 0.390 e.